The number of halogens is 2. The Morgan fingerprint density at radius 3 is 1.04 bits per heavy atom. The molecule has 14 aromatic carbocycles. The molecule has 0 amide bonds. The van der Waals surface area contributed by atoms with Gasteiger partial charge >= 0.3 is 0 Å². The quantitative estimate of drug-likeness (QED) is 0.164. The Labute approximate surface area is 588 Å². The number of para-hydroxylation sites is 6. The molecule has 0 aliphatic heterocycles. The molecule has 0 bridgehead atoms. The van der Waals surface area contributed by atoms with Crippen LogP contribution in [0.4, 0.5) is 45.5 Å². The molecule has 0 atom stereocenters. The van der Waals surface area contributed by atoms with Crippen LogP contribution in [0.5, 0.6) is 0 Å². The second kappa shape index (κ2) is 23.9. The van der Waals surface area contributed by atoms with Crippen LogP contribution >= 0.6 is 31.9 Å². The molecule has 5 heteroatoms. The molecule has 4 aliphatic carbocycles. The topological polar surface area (TPSA) is 18.5 Å². The van der Waals surface area contributed by atoms with Crippen LogP contribution in [0, 0.1) is 0 Å². The molecule has 0 spiro atoms. The van der Waals surface area contributed by atoms with Crippen LogP contribution < -0.4 is 15.1 Å². The highest BCUT2D eigenvalue weighted by Crippen LogP contribution is 2.61. The molecule has 1 N–H and O–H groups in total. The average Bonchev–Trinajstić information content (AvgIpc) is 1.54. The number of anilines is 8. The lowest BCUT2D eigenvalue weighted by Gasteiger charge is -2.29. The summed E-state index contributed by atoms with van der Waals surface area (Å²) in [7, 11) is 0. The predicted molar refractivity (Wildman–Crippen MR) is 419 cm³/mol. The summed E-state index contributed by atoms with van der Waals surface area (Å²) < 4.78 is 2.33. The van der Waals surface area contributed by atoms with Gasteiger partial charge in [0.05, 0.1) is 5.69 Å². The summed E-state index contributed by atoms with van der Waals surface area (Å²) in [6, 6.07) is 110. The van der Waals surface area contributed by atoms with Gasteiger partial charge in [-0.3, -0.25) is 0 Å². The Balaban J connectivity index is 0.000000142. The number of nitrogens with zero attached hydrogens (tertiary/aromatic N) is 2. The zero-order chi connectivity index (χ0) is 66.5. The Kier molecular flexibility index (Phi) is 15.3. The Hall–Kier alpha value is -10.0. The predicted octanol–water partition coefficient (Wildman–Crippen LogP) is 26.8. The largest absolute Gasteiger partial charge is 0.356 e. The molecule has 18 rings (SSSR count). The van der Waals surface area contributed by atoms with Crippen molar-refractivity contribution < 1.29 is 0 Å². The normalized spacial score (nSPS) is 14.4. The number of fused-ring (bicyclic) bond motifs is 16. The maximum Gasteiger partial charge on any atom is 0.0543 e. The molecule has 472 valence electrons. The van der Waals surface area contributed by atoms with Crippen LogP contribution in [-0.2, 0) is 21.7 Å². The number of nitrogens with one attached hydrogen (secondary N) is 1. The molecule has 0 saturated carbocycles. The fourth-order valence-electron chi connectivity index (χ4n) is 16.2. The van der Waals surface area contributed by atoms with Gasteiger partial charge in [-0.2, -0.15) is 0 Å². The maximum atomic E-state index is 3.84. The third-order valence-corrected chi connectivity index (χ3v) is 22.4. The van der Waals surface area contributed by atoms with E-state index in [-0.39, 0.29) is 21.7 Å². The first-order valence-electron chi connectivity index (χ1n) is 33.8. The summed E-state index contributed by atoms with van der Waals surface area (Å²) in [6.45, 7) is 19.1. The van der Waals surface area contributed by atoms with E-state index in [1.54, 1.807) is 0 Å². The van der Waals surface area contributed by atoms with Crippen LogP contribution in [0.2, 0.25) is 0 Å². The van der Waals surface area contributed by atoms with E-state index >= 15 is 0 Å². The van der Waals surface area contributed by atoms with Crippen molar-refractivity contribution >= 4 is 98.9 Å². The van der Waals surface area contributed by atoms with Gasteiger partial charge < -0.3 is 15.1 Å². The second-order valence-corrected chi connectivity index (χ2v) is 30.1. The number of benzene rings is 14. The second-order valence-electron chi connectivity index (χ2n) is 28.4. The van der Waals surface area contributed by atoms with Crippen molar-refractivity contribution in [3.05, 3.63) is 357 Å². The summed E-state index contributed by atoms with van der Waals surface area (Å²) in [4.78, 5) is 4.80. The van der Waals surface area contributed by atoms with Crippen LogP contribution in [0.1, 0.15) is 99.9 Å². The van der Waals surface area contributed by atoms with E-state index < -0.39 is 0 Å². The summed E-state index contributed by atoms with van der Waals surface area (Å²) >= 11 is 7.53. The van der Waals surface area contributed by atoms with Crippen LogP contribution in [0.3, 0.4) is 0 Å². The average molecular weight is 1380 g/mol. The third kappa shape index (κ3) is 10.4. The summed E-state index contributed by atoms with van der Waals surface area (Å²) in [5, 5.41) is 8.47. The van der Waals surface area contributed by atoms with Crippen LogP contribution in [0.15, 0.2) is 312 Å². The lowest BCUT2D eigenvalue weighted by Crippen LogP contribution is -2.18. The van der Waals surface area contributed by atoms with Gasteiger partial charge in [-0.1, -0.05) is 257 Å². The van der Waals surface area contributed by atoms with Gasteiger partial charge in [0.1, 0.15) is 0 Å². The fraction of sp³-hybridized carbons (Fsp3) is 0.130. The zero-order valence-corrected chi connectivity index (χ0v) is 59.2. The molecular formula is C92H75Br2N3. The standard InChI is InChI=1S/C52H42N2.C28H22Br2.C12H11N/c1-51(2)45-31-39(53(35-19-9-5-10-20-35)36-21-11-6-12-22-36)29-30-40(45)43-32-47-44(33-46(43)51)50-42-28-18-17-27-41(42)49(34-48(50)52(47,3)4)54(37-23-13-7-14-24-37)38-25-15-8-16-26-38;1-27(2)21-11-15(29)9-10-16(21)19-12-23-20(13-22(19)27)26-18-8-6-5-7-17(18)25(30)14-24(26)28(23,3)4;1-3-7-11(8-4-1)13-12-9-5-2-6-10-12/h5-34H,1-4H3;5-14H,1-4H3;1-10,13H. The van der Waals surface area contributed by atoms with E-state index in [9.17, 15) is 0 Å². The van der Waals surface area contributed by atoms with Crippen molar-refractivity contribution in [3.63, 3.8) is 0 Å². The van der Waals surface area contributed by atoms with Gasteiger partial charge in [0, 0.05) is 75.8 Å². The van der Waals surface area contributed by atoms with Crippen molar-refractivity contribution in [2.24, 2.45) is 0 Å². The Morgan fingerprint density at radius 1 is 0.247 bits per heavy atom. The molecular weight excluding hydrogens is 1310 g/mol. The molecule has 14 aromatic rings. The lowest BCUT2D eigenvalue weighted by molar-refractivity contribution is 0.652. The lowest BCUT2D eigenvalue weighted by atomic mass is 9.79. The fourth-order valence-corrected chi connectivity index (χ4v) is 17.2. The molecule has 0 unspecified atom stereocenters. The SMILES string of the molecule is CC1(C)c2cc(Br)ccc2-c2cc3c(cc21)-c1c(cc(Br)c2ccccc12)C3(C)C.CC1(C)c2cc(N(c3ccccc3)c3ccccc3)ccc2-c2cc3c(cc21)-c1c(cc(N(c2ccccc2)c2ccccc2)c2ccccc12)C3(C)C.c1ccc(Nc2ccccc2)cc1. The minimum Gasteiger partial charge on any atom is -0.356 e. The van der Waals surface area contributed by atoms with Crippen molar-refractivity contribution in [2.45, 2.75) is 77.0 Å². The molecule has 3 nitrogen and oxygen atoms in total. The zero-order valence-electron chi connectivity index (χ0n) is 56.0. The highest BCUT2D eigenvalue weighted by atomic mass is 79.9. The van der Waals surface area contributed by atoms with Gasteiger partial charge in [-0.25, -0.2) is 0 Å². The molecule has 0 aromatic heterocycles. The Morgan fingerprint density at radius 2 is 0.577 bits per heavy atom. The van der Waals surface area contributed by atoms with E-state index in [0.717, 1.165) is 38.6 Å². The van der Waals surface area contributed by atoms with E-state index in [1.165, 1.54) is 126 Å². The van der Waals surface area contributed by atoms with Crippen molar-refractivity contribution in [1.82, 2.24) is 0 Å². The van der Waals surface area contributed by atoms with Crippen LogP contribution in [-0.4, -0.2) is 0 Å². The summed E-state index contributed by atoms with van der Waals surface area (Å²) in [6.07, 6.45) is 0. The van der Waals surface area contributed by atoms with E-state index in [4.69, 9.17) is 0 Å². The number of hydrogen-bond acceptors (Lipinski definition) is 3. The minimum absolute atomic E-state index is 0.0124. The van der Waals surface area contributed by atoms with E-state index in [2.05, 4.69) is 345 Å². The molecule has 4 aliphatic rings. The van der Waals surface area contributed by atoms with Gasteiger partial charge in [0.15, 0.2) is 0 Å². The molecule has 0 fully saturated rings. The molecule has 97 heavy (non-hydrogen) atoms. The van der Waals surface area contributed by atoms with Crippen molar-refractivity contribution in [3.8, 4) is 44.5 Å². The van der Waals surface area contributed by atoms with Gasteiger partial charge in [-0.15, -0.1) is 0 Å². The summed E-state index contributed by atoms with van der Waals surface area (Å²) in [5.41, 5.74) is 31.0. The van der Waals surface area contributed by atoms with Crippen molar-refractivity contribution in [1.29, 1.82) is 0 Å². The van der Waals surface area contributed by atoms with Gasteiger partial charge in [0.25, 0.3) is 0 Å². The third-order valence-electron chi connectivity index (χ3n) is 21.2. The highest BCUT2D eigenvalue weighted by Gasteiger charge is 2.45. The molecule has 0 heterocycles. The monoisotopic (exact) mass is 1380 g/mol. The van der Waals surface area contributed by atoms with Crippen LogP contribution in [0.25, 0.3) is 66.1 Å². The number of rotatable bonds is 8. The molecule has 0 radical (unpaired) electrons. The first-order valence-corrected chi connectivity index (χ1v) is 35.4. The maximum absolute atomic E-state index is 3.84. The van der Waals surface area contributed by atoms with Crippen molar-refractivity contribution in [2.75, 3.05) is 15.1 Å². The highest BCUT2D eigenvalue weighted by molar-refractivity contribution is 9.11. The minimum atomic E-state index is -0.207. The van der Waals surface area contributed by atoms with E-state index in [1.807, 2.05) is 60.7 Å². The molecule has 0 saturated heterocycles. The van der Waals surface area contributed by atoms with E-state index in [0.29, 0.717) is 0 Å². The smallest absolute Gasteiger partial charge is 0.0543 e. The number of hydrogen-bond donors (Lipinski definition) is 1. The first-order chi connectivity index (χ1) is 47.0. The van der Waals surface area contributed by atoms with Gasteiger partial charge in [0.2, 0.25) is 0 Å². The Bertz CT molecular complexity index is 5260. The summed E-state index contributed by atoms with van der Waals surface area (Å²) in [5.74, 6) is 0. The first kappa shape index (κ1) is 61.8. The van der Waals surface area contributed by atoms with Gasteiger partial charge in [-0.05, 0) is 239 Å².